The van der Waals surface area contributed by atoms with Gasteiger partial charge >= 0.3 is 0 Å². The fourth-order valence-corrected chi connectivity index (χ4v) is 4.77. The molecule has 2 aromatic carbocycles. The Kier molecular flexibility index (Phi) is 6.12. The zero-order chi connectivity index (χ0) is 23.9. The summed E-state index contributed by atoms with van der Waals surface area (Å²) in [7, 11) is 1.93. The van der Waals surface area contributed by atoms with Crippen molar-refractivity contribution in [3.8, 4) is 0 Å². The van der Waals surface area contributed by atoms with E-state index in [2.05, 4.69) is 41.3 Å². The average Bonchev–Trinajstić information content (AvgIpc) is 3.10. The highest BCUT2D eigenvalue weighted by Crippen LogP contribution is 2.38. The van der Waals surface area contributed by atoms with Gasteiger partial charge in [0.1, 0.15) is 28.1 Å². The third-order valence-electron chi connectivity index (χ3n) is 5.53. The third kappa shape index (κ3) is 4.43. The van der Waals surface area contributed by atoms with E-state index in [0.29, 0.717) is 32.8 Å². The Morgan fingerprint density at radius 3 is 2.39 bits per heavy atom. The van der Waals surface area contributed by atoms with Crippen molar-refractivity contribution in [2.75, 3.05) is 17.3 Å². The fourth-order valence-electron chi connectivity index (χ4n) is 3.66. The molecule has 0 unspecified atom stereocenters. The molecule has 4 aromatic rings. The van der Waals surface area contributed by atoms with E-state index in [1.165, 1.54) is 23.0 Å². The summed E-state index contributed by atoms with van der Waals surface area (Å²) in [5, 5.41) is 3.30. The van der Waals surface area contributed by atoms with Crippen LogP contribution in [0.1, 0.15) is 46.4 Å². The molecule has 2 heterocycles. The first-order chi connectivity index (χ1) is 15.7. The van der Waals surface area contributed by atoms with Gasteiger partial charge in [-0.1, -0.05) is 26.0 Å². The molecule has 0 spiro atoms. The second kappa shape index (κ2) is 8.86. The molecule has 5 nitrogen and oxygen atoms in total. The summed E-state index contributed by atoms with van der Waals surface area (Å²) in [4.78, 5) is 25.2. The number of hydrogen-bond donors (Lipinski definition) is 1. The van der Waals surface area contributed by atoms with E-state index in [1.54, 1.807) is 6.92 Å². The topological polar surface area (TPSA) is 58.1 Å². The number of hydrogen-bond acceptors (Lipinski definition) is 5. The van der Waals surface area contributed by atoms with Crippen molar-refractivity contribution in [3.05, 3.63) is 75.9 Å². The molecule has 1 N–H and O–H groups in total. The van der Waals surface area contributed by atoms with Crippen LogP contribution in [0.2, 0.25) is 0 Å². The van der Waals surface area contributed by atoms with Gasteiger partial charge in [0.05, 0.1) is 16.0 Å². The van der Waals surface area contributed by atoms with E-state index < -0.39 is 17.5 Å². The van der Waals surface area contributed by atoms with Crippen LogP contribution in [0, 0.1) is 25.5 Å². The number of thiophene rings is 1. The Balaban J connectivity index is 1.74. The predicted molar refractivity (Wildman–Crippen MR) is 130 cm³/mol. The predicted octanol–water partition coefficient (Wildman–Crippen LogP) is 6.73. The summed E-state index contributed by atoms with van der Waals surface area (Å²) in [5.41, 5.74) is 2.83. The summed E-state index contributed by atoms with van der Waals surface area (Å²) < 4.78 is 27.2. The summed E-state index contributed by atoms with van der Waals surface area (Å²) in [5.74, 6) is -0.306. The van der Waals surface area contributed by atoms with E-state index in [0.717, 1.165) is 23.2 Å². The smallest absolute Gasteiger partial charge is 0.266 e. The van der Waals surface area contributed by atoms with Crippen LogP contribution < -0.4 is 10.2 Å². The first-order valence-corrected chi connectivity index (χ1v) is 11.3. The molecule has 0 bridgehead atoms. The van der Waals surface area contributed by atoms with Crippen LogP contribution >= 0.6 is 11.3 Å². The minimum atomic E-state index is -0.831. The number of nitrogens with one attached hydrogen (secondary N) is 1. The van der Waals surface area contributed by atoms with Gasteiger partial charge in [-0.15, -0.1) is 11.3 Å². The van der Waals surface area contributed by atoms with Crippen LogP contribution in [0.5, 0.6) is 0 Å². The number of carbonyl (C=O) groups is 1. The number of nitrogens with zero attached hydrogens (tertiary/aromatic N) is 3. The maximum atomic E-state index is 14.0. The van der Waals surface area contributed by atoms with Gasteiger partial charge in [0.2, 0.25) is 0 Å². The highest BCUT2D eigenvalue weighted by molar-refractivity contribution is 7.20. The highest BCUT2D eigenvalue weighted by atomic mass is 32.1. The number of rotatable bonds is 5. The quantitative estimate of drug-likeness (QED) is 0.354. The van der Waals surface area contributed by atoms with Gasteiger partial charge in [0.25, 0.3) is 5.91 Å². The molecular weight excluding hydrogens is 442 g/mol. The van der Waals surface area contributed by atoms with Crippen LogP contribution in [0.4, 0.5) is 26.0 Å². The normalized spacial score (nSPS) is 11.3. The van der Waals surface area contributed by atoms with Crippen molar-refractivity contribution in [1.29, 1.82) is 0 Å². The number of benzene rings is 2. The van der Waals surface area contributed by atoms with Crippen LogP contribution in [0.15, 0.2) is 42.5 Å². The first kappa shape index (κ1) is 22.8. The number of aromatic nitrogens is 2. The average molecular weight is 467 g/mol. The highest BCUT2D eigenvalue weighted by Gasteiger charge is 2.23. The lowest BCUT2D eigenvalue weighted by Gasteiger charge is -2.20. The zero-order valence-electron chi connectivity index (χ0n) is 19.0. The number of anilines is 3. The summed E-state index contributed by atoms with van der Waals surface area (Å²) >= 11 is 1.22. The molecule has 33 heavy (non-hydrogen) atoms. The summed E-state index contributed by atoms with van der Waals surface area (Å²) in [6.45, 7) is 7.93. The molecule has 4 rings (SSSR count). The Bertz CT molecular complexity index is 1350. The number of amides is 1. The minimum Gasteiger partial charge on any atom is -0.329 e. The van der Waals surface area contributed by atoms with Crippen LogP contribution in [0.3, 0.4) is 0 Å². The Morgan fingerprint density at radius 2 is 1.76 bits per heavy atom. The molecule has 0 saturated carbocycles. The van der Waals surface area contributed by atoms with Crippen molar-refractivity contribution < 1.29 is 13.6 Å². The molecule has 0 aliphatic rings. The van der Waals surface area contributed by atoms with Gasteiger partial charge in [-0.2, -0.15) is 0 Å². The molecule has 8 heteroatoms. The Labute approximate surface area is 195 Å². The van der Waals surface area contributed by atoms with Gasteiger partial charge in [0, 0.05) is 18.8 Å². The van der Waals surface area contributed by atoms with Gasteiger partial charge in [-0.3, -0.25) is 4.79 Å². The van der Waals surface area contributed by atoms with E-state index in [1.807, 2.05) is 31.0 Å². The Hall–Kier alpha value is -3.39. The third-order valence-corrected chi connectivity index (χ3v) is 6.72. The van der Waals surface area contributed by atoms with Crippen molar-refractivity contribution in [3.63, 3.8) is 0 Å². The number of carbonyl (C=O) groups excluding carboxylic acids is 1. The van der Waals surface area contributed by atoms with E-state index in [9.17, 15) is 13.6 Å². The summed E-state index contributed by atoms with van der Waals surface area (Å²) in [6, 6.07) is 11.3. The molecular formula is C25H24F2N4OS. The standard InChI is InChI=1S/C25H24F2N4OS/c1-13(2)16-6-9-18(10-7-16)31(5)23-21-14(3)22(33-25(21)29-15(4)28-23)24(32)30-20-11-8-17(26)12-19(20)27/h6-13H,1-5H3,(H,30,32). The lowest BCUT2D eigenvalue weighted by atomic mass is 10.0. The van der Waals surface area contributed by atoms with E-state index in [4.69, 9.17) is 0 Å². The molecule has 1 amide bonds. The van der Waals surface area contributed by atoms with Crippen LogP contribution in [0.25, 0.3) is 10.2 Å². The number of aryl methyl sites for hydroxylation is 2. The molecule has 0 aliphatic carbocycles. The van der Waals surface area contributed by atoms with Crippen molar-refractivity contribution in [2.24, 2.45) is 0 Å². The zero-order valence-corrected chi connectivity index (χ0v) is 19.8. The second-order valence-corrected chi connectivity index (χ2v) is 9.21. The fraction of sp³-hybridized carbons (Fsp3) is 0.240. The lowest BCUT2D eigenvalue weighted by molar-refractivity contribution is 0.102. The lowest BCUT2D eigenvalue weighted by Crippen LogP contribution is -2.14. The molecule has 0 atom stereocenters. The number of fused-ring (bicyclic) bond motifs is 1. The first-order valence-electron chi connectivity index (χ1n) is 10.5. The van der Waals surface area contributed by atoms with Gasteiger partial charge < -0.3 is 10.2 Å². The summed E-state index contributed by atoms with van der Waals surface area (Å²) in [6.07, 6.45) is 0. The van der Waals surface area contributed by atoms with E-state index >= 15 is 0 Å². The molecule has 2 aromatic heterocycles. The van der Waals surface area contributed by atoms with E-state index in [-0.39, 0.29) is 5.69 Å². The van der Waals surface area contributed by atoms with Gasteiger partial charge in [0.15, 0.2) is 0 Å². The van der Waals surface area contributed by atoms with Crippen molar-refractivity contribution in [2.45, 2.75) is 33.6 Å². The van der Waals surface area contributed by atoms with Crippen molar-refractivity contribution >= 4 is 44.7 Å². The van der Waals surface area contributed by atoms with Gasteiger partial charge in [-0.25, -0.2) is 18.7 Å². The molecule has 0 fully saturated rings. The van der Waals surface area contributed by atoms with Crippen LogP contribution in [-0.4, -0.2) is 22.9 Å². The molecule has 0 radical (unpaired) electrons. The maximum absolute atomic E-state index is 14.0. The number of halogens is 2. The maximum Gasteiger partial charge on any atom is 0.266 e. The SMILES string of the molecule is Cc1nc(N(C)c2ccc(C(C)C)cc2)c2c(C)c(C(=O)Nc3ccc(F)cc3F)sc2n1. The molecule has 0 aliphatic heterocycles. The Morgan fingerprint density at radius 1 is 1.06 bits per heavy atom. The molecule has 170 valence electrons. The minimum absolute atomic E-state index is 0.0805. The van der Waals surface area contributed by atoms with Gasteiger partial charge in [-0.05, 0) is 55.2 Å². The monoisotopic (exact) mass is 466 g/mol. The van der Waals surface area contributed by atoms with Crippen molar-refractivity contribution in [1.82, 2.24) is 9.97 Å². The second-order valence-electron chi connectivity index (χ2n) is 8.21. The largest absolute Gasteiger partial charge is 0.329 e. The molecule has 0 saturated heterocycles. The van der Waals surface area contributed by atoms with Crippen LogP contribution in [-0.2, 0) is 0 Å².